The molecule has 25 heteroatoms. The van der Waals surface area contributed by atoms with Gasteiger partial charge in [-0.1, -0.05) is 48.5 Å². The van der Waals surface area contributed by atoms with Crippen molar-refractivity contribution >= 4 is 47.0 Å². The van der Waals surface area contributed by atoms with Crippen LogP contribution in [0.1, 0.15) is 105 Å². The zero-order valence-corrected chi connectivity index (χ0v) is 46.9. The standard InChI is InChI=1S/C63H52F8N10O7/c1-62(2,3)88-61(87)80-19-17-50-56(80)57(63(69,70)71)79-81(50)30-52(83)76-49(24-31-20-36(64)28-37(65)21-31)55-39(34-13-15-43(66)42(27-34)59(73)85)14-16-47(77-55)53-44(67)22-32(23-45(53)68)25-48(75-51(82)29-41-40-10-4-5-12-46(40)78-60(41)86)54-38(11-7-18-74-54)33-8-6-9-35(26-33)58(72)84/h4-16,18,20-23,26-28,41,48-49H,17,19,24-25,29-30H2,1-3H3,(H2,72,84)(H2,73,85)(H,75,82)(H,76,83)(H,78,86)/t41?,48-,49-/m0/s1. The average Bonchev–Trinajstić information content (AvgIpc) is 1.63. The van der Waals surface area contributed by atoms with Gasteiger partial charge in [0.2, 0.25) is 23.6 Å². The number of nitrogens with zero attached hydrogens (tertiary/aromatic N) is 5. The van der Waals surface area contributed by atoms with Crippen molar-refractivity contribution in [3.63, 3.8) is 0 Å². The average molecular weight is 1210 g/mol. The molecule has 0 radical (unpaired) electrons. The van der Waals surface area contributed by atoms with E-state index < -0.39 is 136 Å². The van der Waals surface area contributed by atoms with E-state index in [0.717, 1.165) is 52.0 Å². The summed E-state index contributed by atoms with van der Waals surface area (Å²) in [6.07, 6.45) is -6.33. The molecule has 2 aliphatic heterocycles. The summed E-state index contributed by atoms with van der Waals surface area (Å²) < 4.78 is 130. The number of hydrogen-bond acceptors (Lipinski definition) is 10. The summed E-state index contributed by atoms with van der Waals surface area (Å²) in [7, 11) is 0. The third-order valence-electron chi connectivity index (χ3n) is 14.6. The summed E-state index contributed by atoms with van der Waals surface area (Å²) in [5.74, 6) is -10.7. The van der Waals surface area contributed by atoms with E-state index in [-0.39, 0.29) is 70.7 Å². The number of hydrogen-bond donors (Lipinski definition) is 5. The number of para-hydroxylation sites is 1. The van der Waals surface area contributed by atoms with Crippen molar-refractivity contribution in [2.45, 2.75) is 82.8 Å². The molecule has 0 saturated heterocycles. The molecule has 5 heterocycles. The van der Waals surface area contributed by atoms with Gasteiger partial charge in [0.25, 0.3) is 5.91 Å². The summed E-state index contributed by atoms with van der Waals surface area (Å²) in [5.41, 5.74) is 7.48. The number of ether oxygens (including phenoxy) is 1. The molecule has 0 saturated carbocycles. The number of nitrogens with one attached hydrogen (secondary N) is 3. The molecule has 0 spiro atoms. The van der Waals surface area contributed by atoms with Crippen molar-refractivity contribution in [2.24, 2.45) is 11.5 Å². The molecule has 8 aromatic rings. The minimum absolute atomic E-state index is 0.0201. The van der Waals surface area contributed by atoms with Crippen LogP contribution in [0.5, 0.6) is 0 Å². The van der Waals surface area contributed by atoms with Crippen LogP contribution in [-0.4, -0.2) is 67.5 Å². The van der Waals surface area contributed by atoms with Gasteiger partial charge in [0.1, 0.15) is 46.9 Å². The van der Waals surface area contributed by atoms with E-state index >= 15 is 13.2 Å². The molecule has 0 aliphatic carbocycles. The van der Waals surface area contributed by atoms with Gasteiger partial charge in [0.05, 0.1) is 51.9 Å². The van der Waals surface area contributed by atoms with Gasteiger partial charge in [-0.2, -0.15) is 18.3 Å². The van der Waals surface area contributed by atoms with Crippen LogP contribution in [0.3, 0.4) is 0 Å². The molecule has 2 aliphatic rings. The number of halogens is 8. The fraction of sp³-hybridized carbons (Fsp3) is 0.222. The summed E-state index contributed by atoms with van der Waals surface area (Å²) >= 11 is 0. The first-order valence-corrected chi connectivity index (χ1v) is 27.2. The Morgan fingerprint density at radius 1 is 0.716 bits per heavy atom. The maximum absolute atomic E-state index is 17.2. The van der Waals surface area contributed by atoms with Crippen LogP contribution in [0.25, 0.3) is 33.5 Å². The van der Waals surface area contributed by atoms with Gasteiger partial charge < -0.3 is 32.2 Å². The molecule has 6 amide bonds. The number of carbonyl (C=O) groups excluding carboxylic acids is 6. The molecule has 10 rings (SSSR count). The number of alkyl halides is 3. The lowest BCUT2D eigenvalue weighted by atomic mass is 9.92. The first-order chi connectivity index (χ1) is 41.7. The lowest BCUT2D eigenvalue weighted by Gasteiger charge is -2.24. The summed E-state index contributed by atoms with van der Waals surface area (Å²) in [4.78, 5) is 89.7. The van der Waals surface area contributed by atoms with Gasteiger partial charge in [-0.15, -0.1) is 0 Å². The first kappa shape index (κ1) is 60.8. The maximum Gasteiger partial charge on any atom is 0.437 e. The number of fused-ring (bicyclic) bond motifs is 2. The Morgan fingerprint density at radius 3 is 2.06 bits per heavy atom. The highest BCUT2D eigenvalue weighted by molar-refractivity contribution is 6.05. The van der Waals surface area contributed by atoms with Gasteiger partial charge >= 0.3 is 12.3 Å². The van der Waals surface area contributed by atoms with Crippen molar-refractivity contribution in [1.82, 2.24) is 30.4 Å². The molecule has 1 unspecified atom stereocenters. The molecule has 7 N–H and O–H groups in total. The largest absolute Gasteiger partial charge is 0.443 e. The Balaban J connectivity index is 1.05. The molecule has 0 fully saturated rings. The van der Waals surface area contributed by atoms with E-state index in [1.807, 2.05) is 0 Å². The maximum atomic E-state index is 17.2. The highest BCUT2D eigenvalue weighted by Crippen LogP contribution is 2.43. The molecule has 88 heavy (non-hydrogen) atoms. The molecule has 452 valence electrons. The van der Waals surface area contributed by atoms with Gasteiger partial charge in [-0.25, -0.2) is 31.7 Å². The normalized spacial score (nSPS) is 14.4. The van der Waals surface area contributed by atoms with Crippen molar-refractivity contribution in [3.05, 3.63) is 207 Å². The molecular formula is C63H52F8N10O7. The molecule has 17 nitrogen and oxygen atoms in total. The Kier molecular flexibility index (Phi) is 16.7. The van der Waals surface area contributed by atoms with Crippen LogP contribution in [0.2, 0.25) is 0 Å². The molecule has 0 bridgehead atoms. The van der Waals surface area contributed by atoms with Crippen LogP contribution < -0.4 is 32.3 Å². The van der Waals surface area contributed by atoms with Crippen LogP contribution in [0.4, 0.5) is 51.3 Å². The predicted molar refractivity (Wildman–Crippen MR) is 304 cm³/mol. The van der Waals surface area contributed by atoms with Crippen molar-refractivity contribution in [3.8, 4) is 33.5 Å². The second-order valence-electron chi connectivity index (χ2n) is 21.9. The van der Waals surface area contributed by atoms with Crippen molar-refractivity contribution in [2.75, 3.05) is 16.8 Å². The van der Waals surface area contributed by atoms with Crippen LogP contribution in [0.15, 0.2) is 128 Å². The third kappa shape index (κ3) is 13.1. The van der Waals surface area contributed by atoms with Crippen molar-refractivity contribution in [1.29, 1.82) is 0 Å². The zero-order chi connectivity index (χ0) is 63.1. The van der Waals surface area contributed by atoms with Gasteiger partial charge in [-0.3, -0.25) is 38.5 Å². The van der Waals surface area contributed by atoms with E-state index in [2.05, 4.69) is 31.0 Å². The lowest BCUT2D eigenvalue weighted by Crippen LogP contribution is -2.36. The minimum atomic E-state index is -5.15. The topological polar surface area (TPSA) is 247 Å². The van der Waals surface area contributed by atoms with Crippen LogP contribution >= 0.6 is 0 Å². The molecule has 5 aromatic carbocycles. The van der Waals surface area contributed by atoms with Gasteiger partial charge in [0, 0.05) is 54.0 Å². The Hall–Kier alpha value is -10.3. The van der Waals surface area contributed by atoms with E-state index in [0.29, 0.717) is 28.4 Å². The molecule has 3 aromatic heterocycles. The second-order valence-corrected chi connectivity index (χ2v) is 21.9. The Morgan fingerprint density at radius 2 is 1.38 bits per heavy atom. The number of pyridine rings is 2. The number of aromatic nitrogens is 4. The zero-order valence-electron chi connectivity index (χ0n) is 46.9. The van der Waals surface area contributed by atoms with Crippen molar-refractivity contribution < 1.29 is 68.6 Å². The third-order valence-corrected chi connectivity index (χ3v) is 14.6. The van der Waals surface area contributed by atoms with Gasteiger partial charge in [0.15, 0.2) is 5.69 Å². The fourth-order valence-electron chi connectivity index (χ4n) is 10.9. The van der Waals surface area contributed by atoms with Gasteiger partial charge in [-0.05, 0) is 128 Å². The lowest BCUT2D eigenvalue weighted by molar-refractivity contribution is -0.141. The van der Waals surface area contributed by atoms with E-state index in [1.165, 1.54) is 51.2 Å². The number of benzene rings is 5. The Labute approximate surface area is 496 Å². The first-order valence-electron chi connectivity index (χ1n) is 27.2. The molecular weight excluding hydrogens is 1160 g/mol. The second kappa shape index (κ2) is 24.2. The monoisotopic (exact) mass is 1210 g/mol. The Bertz CT molecular complexity index is 4110. The number of amides is 6. The number of anilines is 2. The van der Waals surface area contributed by atoms with Crippen LogP contribution in [-0.2, 0) is 51.1 Å². The highest BCUT2D eigenvalue weighted by atomic mass is 19.4. The number of carbonyl (C=O) groups is 6. The number of primary amides is 2. The summed E-state index contributed by atoms with van der Waals surface area (Å²) in [6.45, 7) is 3.29. The number of rotatable bonds is 17. The van der Waals surface area contributed by atoms with E-state index in [9.17, 15) is 50.7 Å². The van der Waals surface area contributed by atoms with Crippen LogP contribution in [0, 0.1) is 29.1 Å². The summed E-state index contributed by atoms with van der Waals surface area (Å²) in [6, 6.07) is 23.2. The van der Waals surface area contributed by atoms with E-state index in [1.54, 1.807) is 48.5 Å². The number of nitrogens with two attached hydrogens (primary N) is 2. The summed E-state index contributed by atoms with van der Waals surface area (Å²) in [5, 5.41) is 12.0. The quantitative estimate of drug-likeness (QED) is 0.0540. The smallest absolute Gasteiger partial charge is 0.437 e. The molecule has 3 atom stereocenters. The SMILES string of the molecule is CC(C)(C)OC(=O)N1CCc2c1c(C(F)(F)F)nn2CC(=O)N[C@@H](Cc1cc(F)cc(F)c1)c1nc(-c2c(F)cc(C[C@H](NC(=O)CC3C(=O)Nc4ccccc43)c3ncccc3-c3cccc(C(N)=O)c3)cc2F)ccc1-c1ccc(F)c(C(N)=O)c1. The fourth-order valence-corrected chi connectivity index (χ4v) is 10.9. The predicted octanol–water partition coefficient (Wildman–Crippen LogP) is 10.5. The minimum Gasteiger partial charge on any atom is -0.443 e. The van der Waals surface area contributed by atoms with E-state index in [4.69, 9.17) is 16.2 Å². The highest BCUT2D eigenvalue weighted by Gasteiger charge is 2.46.